The molecule has 1 unspecified atom stereocenters. The number of carbonyl (C=O) groups is 1. The van der Waals surface area contributed by atoms with Gasteiger partial charge in [-0.15, -0.1) is 0 Å². The molecule has 11 heteroatoms. The number of carbonyl (C=O) groups excluding carboxylic acids is 1. The SMILES string of the molecule is CC(N)c1ccc(Cl)cc1.COc1cc2nc(N3CCC(Cc4ccccc4)(C(=O)NCc4ccc(N(C)C)cc4)CC3)nc(N)c2cc1OC. The second kappa shape index (κ2) is 16.8. The van der Waals surface area contributed by atoms with Gasteiger partial charge in [-0.3, -0.25) is 4.79 Å². The summed E-state index contributed by atoms with van der Waals surface area (Å²) < 4.78 is 10.9. The van der Waals surface area contributed by atoms with E-state index in [0.717, 1.165) is 27.4 Å². The van der Waals surface area contributed by atoms with Crippen LogP contribution in [-0.4, -0.2) is 57.3 Å². The molecule has 6 rings (SSSR count). The van der Waals surface area contributed by atoms with Crippen molar-refractivity contribution >= 4 is 45.9 Å². The maximum Gasteiger partial charge on any atom is 0.227 e. The molecule has 0 spiro atoms. The zero-order chi connectivity index (χ0) is 36.5. The highest BCUT2D eigenvalue weighted by molar-refractivity contribution is 6.30. The Morgan fingerprint density at radius 1 is 0.922 bits per heavy atom. The van der Waals surface area contributed by atoms with Crippen molar-refractivity contribution in [2.75, 3.05) is 56.9 Å². The molecule has 5 aromatic rings. The summed E-state index contributed by atoms with van der Waals surface area (Å²) in [4.78, 5) is 27.5. The van der Waals surface area contributed by atoms with E-state index >= 15 is 0 Å². The van der Waals surface area contributed by atoms with Gasteiger partial charge >= 0.3 is 0 Å². The van der Waals surface area contributed by atoms with E-state index in [9.17, 15) is 4.79 Å². The van der Waals surface area contributed by atoms with Crippen LogP contribution in [0.15, 0.2) is 91.0 Å². The van der Waals surface area contributed by atoms with Gasteiger partial charge in [0.05, 0.1) is 25.2 Å². The number of methoxy groups -OCH3 is 2. The molecule has 1 amide bonds. The van der Waals surface area contributed by atoms with E-state index in [1.807, 2.05) is 69.6 Å². The number of anilines is 3. The van der Waals surface area contributed by atoms with Gasteiger partial charge in [0.1, 0.15) is 5.82 Å². The third-order valence-corrected chi connectivity index (χ3v) is 9.64. The third kappa shape index (κ3) is 9.19. The Balaban J connectivity index is 0.000000435. The Kier molecular flexibility index (Phi) is 12.2. The fourth-order valence-corrected chi connectivity index (χ4v) is 6.39. The van der Waals surface area contributed by atoms with E-state index in [4.69, 9.17) is 37.5 Å². The maximum absolute atomic E-state index is 13.9. The van der Waals surface area contributed by atoms with Crippen molar-refractivity contribution in [1.82, 2.24) is 15.3 Å². The van der Waals surface area contributed by atoms with E-state index in [2.05, 4.69) is 56.5 Å². The first-order valence-corrected chi connectivity index (χ1v) is 17.4. The minimum absolute atomic E-state index is 0.0773. The molecule has 5 N–H and O–H groups in total. The minimum Gasteiger partial charge on any atom is -0.493 e. The van der Waals surface area contributed by atoms with Gasteiger partial charge in [0, 0.05) is 61.9 Å². The number of amides is 1. The van der Waals surface area contributed by atoms with Crippen LogP contribution in [0, 0.1) is 5.41 Å². The third-order valence-electron chi connectivity index (χ3n) is 9.39. The van der Waals surface area contributed by atoms with Crippen LogP contribution < -0.4 is 36.1 Å². The Labute approximate surface area is 305 Å². The fourth-order valence-electron chi connectivity index (χ4n) is 6.26. The molecule has 1 saturated heterocycles. The number of nitrogens with one attached hydrogen (secondary N) is 1. The number of ether oxygens (including phenoxy) is 2. The Morgan fingerprint density at radius 2 is 1.55 bits per heavy atom. The van der Waals surface area contributed by atoms with E-state index in [1.165, 1.54) is 0 Å². The first kappa shape index (κ1) is 37.2. The van der Waals surface area contributed by atoms with E-state index in [0.29, 0.717) is 73.1 Å². The first-order valence-electron chi connectivity index (χ1n) is 17.1. The Hall–Kier alpha value is -5.06. The molecule has 1 fully saturated rings. The predicted molar refractivity (Wildman–Crippen MR) is 208 cm³/mol. The monoisotopic (exact) mass is 709 g/mol. The number of hydrogen-bond donors (Lipinski definition) is 3. The maximum atomic E-state index is 13.9. The highest BCUT2D eigenvalue weighted by atomic mass is 35.5. The zero-order valence-electron chi connectivity index (χ0n) is 30.0. The average Bonchev–Trinajstić information content (AvgIpc) is 3.14. The molecule has 1 aliphatic rings. The number of nitrogens with two attached hydrogens (primary N) is 2. The van der Waals surface area contributed by atoms with Crippen LogP contribution in [-0.2, 0) is 17.8 Å². The molecule has 1 aromatic heterocycles. The molecular weight excluding hydrogens is 662 g/mol. The molecule has 4 aromatic carbocycles. The molecule has 51 heavy (non-hydrogen) atoms. The quantitative estimate of drug-likeness (QED) is 0.143. The normalized spacial score (nSPS) is 14.2. The Morgan fingerprint density at radius 3 is 2.14 bits per heavy atom. The minimum atomic E-state index is -0.541. The van der Waals surface area contributed by atoms with Gasteiger partial charge in [-0.1, -0.05) is 66.2 Å². The molecule has 2 heterocycles. The van der Waals surface area contributed by atoms with Crippen molar-refractivity contribution in [1.29, 1.82) is 0 Å². The lowest BCUT2D eigenvalue weighted by Gasteiger charge is -2.41. The van der Waals surface area contributed by atoms with Gasteiger partial charge in [0.15, 0.2) is 11.5 Å². The van der Waals surface area contributed by atoms with Crippen molar-refractivity contribution in [3.63, 3.8) is 0 Å². The van der Waals surface area contributed by atoms with E-state index in [1.54, 1.807) is 20.3 Å². The number of nitrogens with zero attached hydrogens (tertiary/aromatic N) is 4. The van der Waals surface area contributed by atoms with Crippen LogP contribution in [0.4, 0.5) is 17.5 Å². The van der Waals surface area contributed by atoms with Gasteiger partial charge in [-0.2, -0.15) is 4.98 Å². The highest BCUT2D eigenvalue weighted by Gasteiger charge is 2.42. The van der Waals surface area contributed by atoms with Gasteiger partial charge in [-0.25, -0.2) is 4.98 Å². The molecule has 0 radical (unpaired) electrons. The standard InChI is InChI=1S/C32H38N6O3.C8H10ClN/c1-37(2)24-12-10-23(11-13-24)21-34-30(39)32(20-22-8-6-5-7-9-22)14-16-38(17-15-32)31-35-26-19-28(41-4)27(40-3)18-25(26)29(33)36-31;1-6(10)7-2-4-8(9)5-3-7/h5-13,18-19H,14-17,20-21H2,1-4H3,(H,34,39)(H2,33,35,36);2-6H,10H2,1H3. The van der Waals surface area contributed by atoms with Gasteiger partial charge < -0.3 is 36.1 Å². The van der Waals surface area contributed by atoms with Crippen molar-refractivity contribution in [3.8, 4) is 11.5 Å². The Bertz CT molecular complexity index is 1890. The predicted octanol–water partition coefficient (Wildman–Crippen LogP) is 6.80. The number of aromatic nitrogens is 2. The second-order valence-corrected chi connectivity index (χ2v) is 13.6. The summed E-state index contributed by atoms with van der Waals surface area (Å²) in [6, 6.07) is 29.8. The van der Waals surface area contributed by atoms with Crippen LogP contribution in [0.3, 0.4) is 0 Å². The summed E-state index contributed by atoms with van der Waals surface area (Å²) >= 11 is 5.68. The highest BCUT2D eigenvalue weighted by Crippen LogP contribution is 2.38. The molecule has 1 aliphatic heterocycles. The first-order chi connectivity index (χ1) is 24.5. The number of hydrogen-bond acceptors (Lipinski definition) is 9. The number of fused-ring (bicyclic) bond motifs is 1. The molecule has 1 atom stereocenters. The number of rotatable bonds is 10. The molecule has 10 nitrogen and oxygen atoms in total. The topological polar surface area (TPSA) is 132 Å². The molecular formula is C40H48ClN7O3. The van der Waals surface area contributed by atoms with Gasteiger partial charge in [-0.05, 0) is 73.2 Å². The molecule has 0 bridgehead atoms. The number of halogens is 1. The zero-order valence-corrected chi connectivity index (χ0v) is 30.8. The lowest BCUT2D eigenvalue weighted by atomic mass is 9.73. The number of benzene rings is 4. The smallest absolute Gasteiger partial charge is 0.227 e. The van der Waals surface area contributed by atoms with Crippen molar-refractivity contribution in [3.05, 3.63) is 113 Å². The van der Waals surface area contributed by atoms with E-state index < -0.39 is 5.41 Å². The summed E-state index contributed by atoms with van der Waals surface area (Å²) in [6.45, 7) is 3.71. The largest absolute Gasteiger partial charge is 0.493 e. The molecule has 268 valence electrons. The van der Waals surface area contributed by atoms with Crippen LogP contribution in [0.25, 0.3) is 10.9 Å². The summed E-state index contributed by atoms with van der Waals surface area (Å²) in [5, 5.41) is 4.70. The summed E-state index contributed by atoms with van der Waals surface area (Å²) in [5.41, 5.74) is 16.6. The van der Waals surface area contributed by atoms with Crippen LogP contribution in [0.2, 0.25) is 5.02 Å². The number of nitrogen functional groups attached to an aromatic ring is 1. The lowest BCUT2D eigenvalue weighted by molar-refractivity contribution is -0.132. The van der Waals surface area contributed by atoms with Crippen molar-refractivity contribution in [2.24, 2.45) is 11.1 Å². The van der Waals surface area contributed by atoms with E-state index in [-0.39, 0.29) is 11.9 Å². The van der Waals surface area contributed by atoms with Crippen molar-refractivity contribution < 1.29 is 14.3 Å². The van der Waals surface area contributed by atoms with Crippen LogP contribution in [0.5, 0.6) is 11.5 Å². The fraction of sp³-hybridized carbons (Fsp3) is 0.325. The summed E-state index contributed by atoms with van der Waals surface area (Å²) in [7, 11) is 7.21. The summed E-state index contributed by atoms with van der Waals surface area (Å²) in [5.74, 6) is 2.17. The lowest BCUT2D eigenvalue weighted by Crippen LogP contribution is -2.50. The average molecular weight is 710 g/mol. The van der Waals surface area contributed by atoms with Crippen LogP contribution >= 0.6 is 11.6 Å². The molecule has 0 saturated carbocycles. The second-order valence-electron chi connectivity index (χ2n) is 13.1. The van der Waals surface area contributed by atoms with Crippen molar-refractivity contribution in [2.45, 2.75) is 38.8 Å². The van der Waals surface area contributed by atoms with Gasteiger partial charge in [0.2, 0.25) is 11.9 Å². The molecule has 0 aliphatic carbocycles. The van der Waals surface area contributed by atoms with Gasteiger partial charge in [0.25, 0.3) is 0 Å². The van der Waals surface area contributed by atoms with Crippen LogP contribution in [0.1, 0.15) is 42.5 Å². The summed E-state index contributed by atoms with van der Waals surface area (Å²) in [6.07, 6.45) is 2.01. The number of piperidine rings is 1.